The lowest BCUT2D eigenvalue weighted by molar-refractivity contribution is -0.131. The van der Waals surface area contributed by atoms with Gasteiger partial charge in [-0.25, -0.2) is 0 Å². The van der Waals surface area contributed by atoms with Crippen molar-refractivity contribution in [2.75, 3.05) is 40.3 Å². The van der Waals surface area contributed by atoms with Crippen LogP contribution in [0.5, 0.6) is 0 Å². The zero-order valence-corrected chi connectivity index (χ0v) is 18.0. The van der Waals surface area contributed by atoms with Crippen LogP contribution in [0.3, 0.4) is 0 Å². The molecule has 154 valence electrons. The molecule has 28 heavy (non-hydrogen) atoms. The average molecular weight is 408 g/mol. The predicted molar refractivity (Wildman–Crippen MR) is 110 cm³/mol. The summed E-state index contributed by atoms with van der Waals surface area (Å²) in [4.78, 5) is 14.5. The van der Waals surface area contributed by atoms with E-state index in [4.69, 9.17) is 4.42 Å². The number of aryl methyl sites for hydroxylation is 1. The molecule has 0 saturated carbocycles. The van der Waals surface area contributed by atoms with E-state index in [0.717, 1.165) is 16.5 Å². The van der Waals surface area contributed by atoms with Gasteiger partial charge in [-0.15, -0.1) is 0 Å². The first-order chi connectivity index (χ1) is 13.1. The van der Waals surface area contributed by atoms with Crippen molar-refractivity contribution in [2.24, 2.45) is 0 Å². The first-order valence-corrected chi connectivity index (χ1v) is 11.0. The number of amides is 1. The van der Waals surface area contributed by atoms with E-state index in [-0.39, 0.29) is 12.3 Å². The van der Waals surface area contributed by atoms with Crippen LogP contribution >= 0.6 is 0 Å². The summed E-state index contributed by atoms with van der Waals surface area (Å²) in [6, 6.07) is 4.16. The fourth-order valence-electron chi connectivity index (χ4n) is 3.68. The van der Waals surface area contributed by atoms with Crippen LogP contribution in [0.4, 0.5) is 0 Å². The summed E-state index contributed by atoms with van der Waals surface area (Å²) in [5, 5.41) is 0.983. The number of nitrogens with zero attached hydrogens (tertiary/aromatic N) is 3. The summed E-state index contributed by atoms with van der Waals surface area (Å²) in [6.45, 7) is 7.81. The van der Waals surface area contributed by atoms with Gasteiger partial charge in [0.15, 0.2) is 0 Å². The zero-order valence-electron chi connectivity index (χ0n) is 17.2. The SMILES string of the molecule is Cc1cc2occ(CC(=O)N3CCN(S(=O)(=O)N(C)C)CC3)c2cc1C(C)C. The molecule has 0 atom stereocenters. The van der Waals surface area contributed by atoms with E-state index in [2.05, 4.69) is 26.8 Å². The van der Waals surface area contributed by atoms with Gasteiger partial charge in [0.05, 0.1) is 12.7 Å². The molecular weight excluding hydrogens is 378 g/mol. The summed E-state index contributed by atoms with van der Waals surface area (Å²) >= 11 is 0. The number of benzene rings is 1. The molecule has 0 aliphatic carbocycles. The molecule has 2 heterocycles. The van der Waals surface area contributed by atoms with E-state index >= 15 is 0 Å². The van der Waals surface area contributed by atoms with Crippen LogP contribution in [-0.2, 0) is 21.4 Å². The Hall–Kier alpha value is -1.90. The van der Waals surface area contributed by atoms with E-state index < -0.39 is 10.2 Å². The van der Waals surface area contributed by atoms with Gasteiger partial charge < -0.3 is 9.32 Å². The van der Waals surface area contributed by atoms with Crippen molar-refractivity contribution in [3.63, 3.8) is 0 Å². The Balaban J connectivity index is 1.72. The van der Waals surface area contributed by atoms with Crippen molar-refractivity contribution < 1.29 is 17.6 Å². The van der Waals surface area contributed by atoms with Crippen molar-refractivity contribution in [2.45, 2.75) is 33.1 Å². The molecular formula is C20H29N3O4S. The molecule has 1 fully saturated rings. The van der Waals surface area contributed by atoms with E-state index in [1.54, 1.807) is 11.2 Å². The van der Waals surface area contributed by atoms with Crippen LogP contribution in [0.25, 0.3) is 11.0 Å². The Bertz CT molecular complexity index is 971. The second kappa shape index (κ2) is 7.85. The maximum atomic E-state index is 12.8. The van der Waals surface area contributed by atoms with Crippen molar-refractivity contribution in [1.82, 2.24) is 13.5 Å². The standard InChI is InChI=1S/C20H29N3O4S/c1-14(2)17-12-18-16(13-27-19(18)10-15(17)3)11-20(24)22-6-8-23(9-7-22)28(25,26)21(4)5/h10,12-14H,6-9,11H2,1-5H3. The minimum Gasteiger partial charge on any atom is -0.464 e. The molecule has 1 aromatic carbocycles. The Morgan fingerprint density at radius 1 is 1.18 bits per heavy atom. The first-order valence-electron chi connectivity index (χ1n) is 9.57. The Morgan fingerprint density at radius 2 is 1.82 bits per heavy atom. The van der Waals surface area contributed by atoms with Crippen LogP contribution in [0.15, 0.2) is 22.8 Å². The third kappa shape index (κ3) is 3.94. The summed E-state index contributed by atoms with van der Waals surface area (Å²) in [6.07, 6.45) is 1.92. The van der Waals surface area contributed by atoms with Gasteiger partial charge in [0.25, 0.3) is 10.2 Å². The van der Waals surface area contributed by atoms with Crippen LogP contribution in [0.2, 0.25) is 0 Å². The number of carbonyl (C=O) groups excluding carboxylic acids is 1. The van der Waals surface area contributed by atoms with Gasteiger partial charge in [0.2, 0.25) is 5.91 Å². The summed E-state index contributed by atoms with van der Waals surface area (Å²) < 4.78 is 32.7. The van der Waals surface area contributed by atoms with E-state index in [1.807, 2.05) is 6.07 Å². The summed E-state index contributed by atoms with van der Waals surface area (Å²) in [7, 11) is -0.395. The quantitative estimate of drug-likeness (QED) is 0.763. The predicted octanol–water partition coefficient (Wildman–Crippen LogP) is 2.36. The molecule has 8 heteroatoms. The highest BCUT2D eigenvalue weighted by molar-refractivity contribution is 7.86. The van der Waals surface area contributed by atoms with Gasteiger partial charge in [-0.3, -0.25) is 4.79 Å². The molecule has 1 amide bonds. The minimum absolute atomic E-state index is 0.00345. The number of rotatable bonds is 5. The molecule has 1 aliphatic heterocycles. The van der Waals surface area contributed by atoms with Crippen molar-refractivity contribution in [3.05, 3.63) is 35.1 Å². The minimum atomic E-state index is -3.43. The molecule has 0 spiro atoms. The highest BCUT2D eigenvalue weighted by Gasteiger charge is 2.30. The van der Waals surface area contributed by atoms with E-state index in [1.165, 1.54) is 33.8 Å². The maximum Gasteiger partial charge on any atom is 0.281 e. The van der Waals surface area contributed by atoms with Gasteiger partial charge in [-0.2, -0.15) is 17.0 Å². The summed E-state index contributed by atoms with van der Waals surface area (Å²) in [5.74, 6) is 0.394. The molecule has 0 bridgehead atoms. The smallest absolute Gasteiger partial charge is 0.281 e. The molecule has 1 aliphatic rings. The number of hydrogen-bond donors (Lipinski definition) is 0. The van der Waals surface area contributed by atoms with Gasteiger partial charge in [-0.05, 0) is 36.1 Å². The Kier molecular flexibility index (Phi) is 5.84. The van der Waals surface area contributed by atoms with Crippen LogP contribution < -0.4 is 0 Å². The number of furan rings is 1. The number of fused-ring (bicyclic) bond motifs is 1. The summed E-state index contributed by atoms with van der Waals surface area (Å²) in [5.41, 5.74) is 4.12. The lowest BCUT2D eigenvalue weighted by Gasteiger charge is -2.35. The molecule has 1 aromatic heterocycles. The van der Waals surface area contributed by atoms with Crippen molar-refractivity contribution in [1.29, 1.82) is 0 Å². The zero-order chi connectivity index (χ0) is 20.6. The van der Waals surface area contributed by atoms with E-state index in [9.17, 15) is 13.2 Å². The molecule has 1 saturated heterocycles. The average Bonchev–Trinajstić information content (AvgIpc) is 3.02. The van der Waals surface area contributed by atoms with E-state index in [0.29, 0.717) is 32.1 Å². The lowest BCUT2D eigenvalue weighted by atomic mass is 9.95. The highest BCUT2D eigenvalue weighted by Crippen LogP contribution is 2.29. The first kappa shape index (κ1) is 20.8. The van der Waals surface area contributed by atoms with Crippen LogP contribution in [0.1, 0.15) is 36.5 Å². The fourth-order valence-corrected chi connectivity index (χ4v) is 4.76. The molecule has 0 radical (unpaired) electrons. The normalized spacial score (nSPS) is 16.5. The van der Waals surface area contributed by atoms with Gasteiger partial charge in [0, 0.05) is 51.2 Å². The second-order valence-corrected chi connectivity index (χ2v) is 10.0. The highest BCUT2D eigenvalue weighted by atomic mass is 32.2. The fraction of sp³-hybridized carbons (Fsp3) is 0.550. The maximum absolute atomic E-state index is 12.8. The molecule has 2 aromatic rings. The third-order valence-corrected chi connectivity index (χ3v) is 7.33. The molecule has 0 N–H and O–H groups in total. The third-order valence-electron chi connectivity index (χ3n) is 5.39. The van der Waals surface area contributed by atoms with Crippen LogP contribution in [0, 0.1) is 6.92 Å². The second-order valence-electron chi connectivity index (χ2n) is 7.87. The largest absolute Gasteiger partial charge is 0.464 e. The van der Waals surface area contributed by atoms with Gasteiger partial charge >= 0.3 is 0 Å². The Labute approximate surface area is 167 Å². The van der Waals surface area contributed by atoms with Gasteiger partial charge in [-0.1, -0.05) is 13.8 Å². The van der Waals surface area contributed by atoms with Crippen molar-refractivity contribution >= 4 is 27.1 Å². The van der Waals surface area contributed by atoms with Crippen LogP contribution in [-0.4, -0.2) is 68.1 Å². The Morgan fingerprint density at radius 3 is 2.39 bits per heavy atom. The monoisotopic (exact) mass is 407 g/mol. The molecule has 7 nitrogen and oxygen atoms in total. The topological polar surface area (TPSA) is 74.1 Å². The number of carbonyl (C=O) groups is 1. The van der Waals surface area contributed by atoms with Gasteiger partial charge in [0.1, 0.15) is 5.58 Å². The number of piperazine rings is 1. The molecule has 3 rings (SSSR count). The lowest BCUT2D eigenvalue weighted by Crippen LogP contribution is -2.53. The number of hydrogen-bond acceptors (Lipinski definition) is 4. The van der Waals surface area contributed by atoms with Crippen molar-refractivity contribution in [3.8, 4) is 0 Å². The molecule has 0 unspecified atom stereocenters.